The van der Waals surface area contributed by atoms with E-state index in [4.69, 9.17) is 16.3 Å². The Balaban J connectivity index is 1.89. The Kier molecular flexibility index (Phi) is 3.52. The van der Waals surface area contributed by atoms with Gasteiger partial charge in [0, 0.05) is 10.9 Å². The van der Waals surface area contributed by atoms with Gasteiger partial charge >= 0.3 is 6.01 Å². The van der Waals surface area contributed by atoms with E-state index in [1.165, 1.54) is 12.0 Å². The first kappa shape index (κ1) is 12.6. The number of hydrogen-bond acceptors (Lipinski definition) is 6. The monoisotopic (exact) mass is 296 g/mol. The van der Waals surface area contributed by atoms with E-state index in [1.54, 1.807) is 11.3 Å². The highest BCUT2D eigenvalue weighted by Gasteiger charge is 2.31. The molecule has 2 aromatic rings. The fraction of sp³-hybridized carbons (Fsp3) is 0.417. The predicted molar refractivity (Wildman–Crippen MR) is 74.9 cm³/mol. The first-order chi connectivity index (χ1) is 9.26. The van der Waals surface area contributed by atoms with Gasteiger partial charge in [-0.1, -0.05) is 6.07 Å². The third kappa shape index (κ3) is 2.96. The predicted octanol–water partition coefficient (Wildman–Crippen LogP) is 2.76. The summed E-state index contributed by atoms with van der Waals surface area (Å²) < 4.78 is 5.05. The molecule has 2 aromatic heterocycles. The van der Waals surface area contributed by atoms with Crippen LogP contribution in [0.1, 0.15) is 17.7 Å². The summed E-state index contributed by atoms with van der Waals surface area (Å²) in [5, 5.41) is 2.24. The van der Waals surface area contributed by atoms with Crippen molar-refractivity contribution in [3.05, 3.63) is 27.7 Å². The summed E-state index contributed by atoms with van der Waals surface area (Å²) >= 11 is 7.64. The molecule has 2 heterocycles. The molecule has 3 rings (SSSR count). The van der Waals surface area contributed by atoms with Gasteiger partial charge in [-0.05, 0) is 35.9 Å². The van der Waals surface area contributed by atoms with Crippen molar-refractivity contribution < 1.29 is 4.74 Å². The lowest BCUT2D eigenvalue weighted by Gasteiger charge is -2.21. The SMILES string of the molecule is COc1nc(Cl)nc(N(Cc2cccs2)C2CC2)n1. The fourth-order valence-electron chi connectivity index (χ4n) is 1.86. The van der Waals surface area contributed by atoms with Gasteiger partial charge < -0.3 is 9.64 Å². The lowest BCUT2D eigenvalue weighted by molar-refractivity contribution is 0.378. The highest BCUT2D eigenvalue weighted by Crippen LogP contribution is 2.32. The van der Waals surface area contributed by atoms with Gasteiger partial charge in [-0.3, -0.25) is 0 Å². The van der Waals surface area contributed by atoms with Crippen molar-refractivity contribution in [2.24, 2.45) is 0 Å². The molecule has 7 heteroatoms. The van der Waals surface area contributed by atoms with Crippen molar-refractivity contribution in [1.29, 1.82) is 0 Å². The second-order valence-electron chi connectivity index (χ2n) is 4.33. The number of hydrogen-bond donors (Lipinski definition) is 0. The topological polar surface area (TPSA) is 51.1 Å². The van der Waals surface area contributed by atoms with E-state index in [0.717, 1.165) is 19.4 Å². The van der Waals surface area contributed by atoms with Crippen LogP contribution in [-0.2, 0) is 6.54 Å². The number of aromatic nitrogens is 3. The third-order valence-corrected chi connectivity index (χ3v) is 3.94. The summed E-state index contributed by atoms with van der Waals surface area (Å²) in [4.78, 5) is 15.9. The minimum absolute atomic E-state index is 0.165. The van der Waals surface area contributed by atoms with Crippen LogP contribution in [0.3, 0.4) is 0 Å². The van der Waals surface area contributed by atoms with Crippen molar-refractivity contribution >= 4 is 28.9 Å². The fourth-order valence-corrected chi connectivity index (χ4v) is 2.71. The number of rotatable bonds is 5. The van der Waals surface area contributed by atoms with Crippen LogP contribution >= 0.6 is 22.9 Å². The van der Waals surface area contributed by atoms with Gasteiger partial charge in [0.2, 0.25) is 11.2 Å². The normalized spacial score (nSPS) is 14.4. The van der Waals surface area contributed by atoms with Crippen LogP contribution in [0.2, 0.25) is 5.28 Å². The smallest absolute Gasteiger partial charge is 0.322 e. The Labute approximate surface area is 120 Å². The van der Waals surface area contributed by atoms with Crippen LogP contribution in [0.25, 0.3) is 0 Å². The van der Waals surface area contributed by atoms with Gasteiger partial charge in [0.05, 0.1) is 13.7 Å². The second-order valence-corrected chi connectivity index (χ2v) is 5.70. The van der Waals surface area contributed by atoms with Crippen molar-refractivity contribution in [3.63, 3.8) is 0 Å². The van der Waals surface area contributed by atoms with E-state index in [-0.39, 0.29) is 11.3 Å². The van der Waals surface area contributed by atoms with Crippen molar-refractivity contribution in [3.8, 4) is 6.01 Å². The number of anilines is 1. The molecule has 0 aromatic carbocycles. The molecule has 0 N–H and O–H groups in total. The molecule has 0 spiro atoms. The molecule has 0 aliphatic heterocycles. The van der Waals surface area contributed by atoms with Crippen molar-refractivity contribution in [1.82, 2.24) is 15.0 Å². The average Bonchev–Trinajstić information content (AvgIpc) is 3.12. The molecule has 0 bridgehead atoms. The Morgan fingerprint density at radius 3 is 2.89 bits per heavy atom. The Morgan fingerprint density at radius 1 is 1.42 bits per heavy atom. The molecule has 0 atom stereocenters. The van der Waals surface area contributed by atoms with E-state index in [9.17, 15) is 0 Å². The van der Waals surface area contributed by atoms with Gasteiger partial charge in [0.1, 0.15) is 0 Å². The lowest BCUT2D eigenvalue weighted by Crippen LogP contribution is -2.27. The van der Waals surface area contributed by atoms with Crippen LogP contribution in [0.5, 0.6) is 6.01 Å². The lowest BCUT2D eigenvalue weighted by atomic mass is 10.4. The molecule has 5 nitrogen and oxygen atoms in total. The molecule has 19 heavy (non-hydrogen) atoms. The number of nitrogens with zero attached hydrogens (tertiary/aromatic N) is 4. The average molecular weight is 297 g/mol. The van der Waals surface area contributed by atoms with Gasteiger partial charge in [0.15, 0.2) is 0 Å². The molecule has 0 saturated heterocycles. The van der Waals surface area contributed by atoms with Crippen LogP contribution in [-0.4, -0.2) is 28.1 Å². The number of halogens is 1. The van der Waals surface area contributed by atoms with Crippen molar-refractivity contribution in [2.75, 3.05) is 12.0 Å². The summed E-state index contributed by atoms with van der Waals surface area (Å²) in [6, 6.07) is 4.91. The summed E-state index contributed by atoms with van der Waals surface area (Å²) in [5.74, 6) is 0.591. The third-order valence-electron chi connectivity index (χ3n) is 2.91. The minimum Gasteiger partial charge on any atom is -0.467 e. The number of thiophene rings is 1. The van der Waals surface area contributed by atoms with E-state index >= 15 is 0 Å². The van der Waals surface area contributed by atoms with Crippen molar-refractivity contribution in [2.45, 2.75) is 25.4 Å². The van der Waals surface area contributed by atoms with Crippen LogP contribution in [0.15, 0.2) is 17.5 Å². The van der Waals surface area contributed by atoms with Crippen LogP contribution in [0.4, 0.5) is 5.95 Å². The van der Waals surface area contributed by atoms with Gasteiger partial charge in [-0.2, -0.15) is 15.0 Å². The molecule has 1 aliphatic carbocycles. The number of ether oxygens (including phenoxy) is 1. The van der Waals surface area contributed by atoms with E-state index < -0.39 is 0 Å². The Morgan fingerprint density at radius 2 is 2.26 bits per heavy atom. The van der Waals surface area contributed by atoms with E-state index in [1.807, 2.05) is 6.07 Å². The Bertz CT molecular complexity index is 559. The maximum Gasteiger partial charge on any atom is 0.322 e. The zero-order chi connectivity index (χ0) is 13.2. The zero-order valence-corrected chi connectivity index (χ0v) is 12.0. The summed E-state index contributed by atoms with van der Waals surface area (Å²) in [7, 11) is 1.52. The summed E-state index contributed by atoms with van der Waals surface area (Å²) in [5.41, 5.74) is 0. The molecule has 0 radical (unpaired) electrons. The second kappa shape index (κ2) is 5.30. The quantitative estimate of drug-likeness (QED) is 0.849. The minimum atomic E-state index is 0.165. The van der Waals surface area contributed by atoms with Gasteiger partial charge in [0.25, 0.3) is 0 Å². The molecule has 1 aliphatic rings. The van der Waals surface area contributed by atoms with E-state index in [2.05, 4.69) is 31.3 Å². The molecule has 0 amide bonds. The number of methoxy groups -OCH3 is 1. The first-order valence-corrected chi connectivity index (χ1v) is 7.26. The molecule has 1 fully saturated rings. The molecular formula is C12H13ClN4OS. The van der Waals surface area contributed by atoms with E-state index in [0.29, 0.717) is 12.0 Å². The van der Waals surface area contributed by atoms with Crippen LogP contribution in [0, 0.1) is 0 Å². The molecule has 0 unspecified atom stereocenters. The zero-order valence-electron chi connectivity index (χ0n) is 10.4. The molecule has 1 saturated carbocycles. The van der Waals surface area contributed by atoms with Gasteiger partial charge in [-0.25, -0.2) is 0 Å². The molecule has 100 valence electrons. The highest BCUT2D eigenvalue weighted by atomic mass is 35.5. The molecular weight excluding hydrogens is 284 g/mol. The maximum atomic E-state index is 5.91. The highest BCUT2D eigenvalue weighted by molar-refractivity contribution is 7.09. The van der Waals surface area contributed by atoms with Gasteiger partial charge in [-0.15, -0.1) is 11.3 Å². The Hall–Kier alpha value is -1.40. The summed E-state index contributed by atoms with van der Waals surface area (Å²) in [6.07, 6.45) is 2.33. The standard InChI is InChI=1S/C12H13ClN4OS/c1-18-12-15-10(13)14-11(16-12)17(8-4-5-8)7-9-3-2-6-19-9/h2-3,6,8H,4-5,7H2,1H3. The largest absolute Gasteiger partial charge is 0.467 e. The maximum absolute atomic E-state index is 5.91. The first-order valence-electron chi connectivity index (χ1n) is 6.01. The van der Waals surface area contributed by atoms with Crippen LogP contribution < -0.4 is 9.64 Å². The summed E-state index contributed by atoms with van der Waals surface area (Å²) in [6.45, 7) is 0.797.